The number of aromatic hydroxyl groups is 1. The molecule has 2 heterocycles. The number of aliphatic hydroxyl groups is 1. The zero-order chi connectivity index (χ0) is 33.3. The van der Waals surface area contributed by atoms with Crippen LogP contribution in [0.5, 0.6) is 11.5 Å². The first kappa shape index (κ1) is 31.2. The third-order valence-electron chi connectivity index (χ3n) is 10.9. The number of amides is 1. The maximum atomic E-state index is 13.5. The van der Waals surface area contributed by atoms with Crippen LogP contribution in [0.3, 0.4) is 0 Å². The summed E-state index contributed by atoms with van der Waals surface area (Å²) in [6, 6.07) is 14.7. The largest absolute Gasteiger partial charge is 0.504 e. The number of hydrogen-bond donors (Lipinski definition) is 2. The van der Waals surface area contributed by atoms with Crippen LogP contribution in [-0.2, 0) is 29.2 Å². The summed E-state index contributed by atoms with van der Waals surface area (Å²) in [5, 5.41) is 36.1. The molecule has 246 valence electrons. The number of phenols is 1. The molecule has 12 heteroatoms. The number of benzene rings is 3. The molecule has 2 fully saturated rings. The highest BCUT2D eigenvalue weighted by Crippen LogP contribution is 2.67. The minimum absolute atomic E-state index is 0.109. The molecule has 4 aliphatic rings. The molecule has 1 spiro atoms. The number of hydrogen-bond acceptors (Lipinski definition) is 7. The first-order chi connectivity index (χ1) is 22.3. The number of carbonyl (C=O) groups excluding carboxylic acids is 1. The van der Waals surface area contributed by atoms with Gasteiger partial charge in [0.1, 0.15) is 6.10 Å². The van der Waals surface area contributed by atoms with Crippen LogP contribution in [0.15, 0.2) is 66.7 Å². The van der Waals surface area contributed by atoms with Gasteiger partial charge in [-0.3, -0.25) is 19.8 Å². The van der Waals surface area contributed by atoms with Gasteiger partial charge >= 0.3 is 6.18 Å². The molecule has 7 rings (SSSR count). The fraction of sp³-hybridized carbons (Fsp3) is 0.400. The normalized spacial score (nSPS) is 27.7. The Hall–Kier alpha value is -4.42. The molecule has 3 aromatic rings. The molecule has 2 bridgehead atoms. The number of ether oxygens (including phenoxy) is 1. The van der Waals surface area contributed by atoms with Crippen molar-refractivity contribution in [2.45, 2.75) is 67.5 Å². The molecule has 2 N–H and O–H groups in total. The summed E-state index contributed by atoms with van der Waals surface area (Å²) in [6.07, 6.45) is -0.859. The van der Waals surface area contributed by atoms with Crippen LogP contribution in [0.1, 0.15) is 47.1 Å². The van der Waals surface area contributed by atoms with Gasteiger partial charge in [-0.25, -0.2) is 0 Å². The van der Waals surface area contributed by atoms with Gasteiger partial charge in [-0.05, 0) is 68.0 Å². The lowest BCUT2D eigenvalue weighted by Crippen LogP contribution is -2.78. The van der Waals surface area contributed by atoms with E-state index >= 15 is 0 Å². The van der Waals surface area contributed by atoms with E-state index in [4.69, 9.17) is 4.74 Å². The van der Waals surface area contributed by atoms with E-state index in [9.17, 15) is 38.3 Å². The highest BCUT2D eigenvalue weighted by molar-refractivity contribution is 5.92. The maximum absolute atomic E-state index is 13.5. The molecule has 9 nitrogen and oxygen atoms in total. The van der Waals surface area contributed by atoms with Crippen molar-refractivity contribution in [3.05, 3.63) is 105 Å². The van der Waals surface area contributed by atoms with Crippen LogP contribution in [0.4, 0.5) is 18.9 Å². The van der Waals surface area contributed by atoms with Crippen molar-refractivity contribution >= 4 is 17.7 Å². The molecular weight excluding hydrogens is 615 g/mol. The summed E-state index contributed by atoms with van der Waals surface area (Å²) >= 11 is 0. The fourth-order valence-corrected chi connectivity index (χ4v) is 8.68. The molecule has 1 saturated heterocycles. The zero-order valence-corrected chi connectivity index (χ0v) is 25.6. The Labute approximate surface area is 269 Å². The molecule has 1 saturated carbocycles. The van der Waals surface area contributed by atoms with Crippen LogP contribution in [0.2, 0.25) is 0 Å². The number of piperidine rings is 1. The van der Waals surface area contributed by atoms with Crippen molar-refractivity contribution in [1.82, 2.24) is 9.80 Å². The van der Waals surface area contributed by atoms with Crippen molar-refractivity contribution < 1.29 is 37.8 Å². The number of likely N-dealkylation sites (N-methyl/N-ethyl adjacent to an activating group) is 1. The lowest BCUT2D eigenvalue weighted by Gasteiger charge is -2.64. The van der Waals surface area contributed by atoms with Crippen LogP contribution in [-0.4, -0.2) is 74.8 Å². The van der Waals surface area contributed by atoms with Crippen molar-refractivity contribution in [2.75, 3.05) is 20.1 Å². The van der Waals surface area contributed by atoms with E-state index in [1.807, 2.05) is 30.3 Å². The van der Waals surface area contributed by atoms with Crippen LogP contribution >= 0.6 is 0 Å². The lowest BCUT2D eigenvalue weighted by atomic mass is 9.48. The standard InChI is InChI=1S/C35H34F3N3O6/c1-39(29(43)11-10-22-8-5-9-23(18-22)35(36,37)38)25-12-14-34(44)28-19-24-26(41(45)46)20-27(42)31-30(24)33(34,32(25)47-31)15-17-40(28)16-13-21-6-3-2-4-7-21/h2-11,18,20,25,28,32,42,44H,12-17,19H2,1H3/b11-10+/t25?,28-,32?,33+,34-/m1/s1. The van der Waals surface area contributed by atoms with Gasteiger partial charge in [0.15, 0.2) is 11.5 Å². The highest BCUT2D eigenvalue weighted by atomic mass is 19.4. The smallest absolute Gasteiger partial charge is 0.416 e. The average Bonchev–Trinajstić information content (AvgIpc) is 3.39. The Morgan fingerprint density at radius 1 is 1.17 bits per heavy atom. The van der Waals surface area contributed by atoms with Gasteiger partial charge in [-0.15, -0.1) is 0 Å². The Morgan fingerprint density at radius 2 is 1.94 bits per heavy atom. The van der Waals surface area contributed by atoms with Gasteiger partial charge in [0.05, 0.1) is 33.6 Å². The Balaban J connectivity index is 1.24. The second kappa shape index (κ2) is 11.1. The number of alkyl halides is 3. The van der Waals surface area contributed by atoms with Gasteiger partial charge in [-0.1, -0.05) is 42.5 Å². The van der Waals surface area contributed by atoms with E-state index in [1.165, 1.54) is 29.2 Å². The second-order valence-electron chi connectivity index (χ2n) is 13.0. The summed E-state index contributed by atoms with van der Waals surface area (Å²) in [6.45, 7) is 1.21. The van der Waals surface area contributed by atoms with Crippen LogP contribution in [0.25, 0.3) is 6.08 Å². The number of carbonyl (C=O) groups is 1. The van der Waals surface area contributed by atoms with Gasteiger partial charge in [0.2, 0.25) is 5.91 Å². The van der Waals surface area contributed by atoms with Crippen LogP contribution < -0.4 is 4.74 Å². The number of nitro groups is 1. The van der Waals surface area contributed by atoms with Gasteiger partial charge in [0.25, 0.3) is 5.69 Å². The lowest BCUT2D eigenvalue weighted by molar-refractivity contribution is -0.386. The van der Waals surface area contributed by atoms with E-state index < -0.39 is 51.8 Å². The zero-order valence-electron chi connectivity index (χ0n) is 25.6. The minimum atomic E-state index is -4.52. The highest BCUT2D eigenvalue weighted by Gasteiger charge is 2.74. The van der Waals surface area contributed by atoms with Gasteiger partial charge in [-0.2, -0.15) is 13.2 Å². The topological polar surface area (TPSA) is 116 Å². The van der Waals surface area contributed by atoms with E-state index in [-0.39, 0.29) is 35.6 Å². The number of nitrogens with zero attached hydrogens (tertiary/aromatic N) is 3. The predicted molar refractivity (Wildman–Crippen MR) is 166 cm³/mol. The number of likely N-dealkylation sites (tertiary alicyclic amines) is 1. The molecule has 2 aliphatic heterocycles. The van der Waals surface area contributed by atoms with Crippen molar-refractivity contribution in [1.29, 1.82) is 0 Å². The van der Waals surface area contributed by atoms with Crippen molar-refractivity contribution in [3.8, 4) is 11.5 Å². The van der Waals surface area contributed by atoms with Gasteiger partial charge < -0.3 is 19.8 Å². The summed E-state index contributed by atoms with van der Waals surface area (Å²) < 4.78 is 46.2. The van der Waals surface area contributed by atoms with E-state index in [1.54, 1.807) is 7.05 Å². The van der Waals surface area contributed by atoms with Crippen molar-refractivity contribution in [2.24, 2.45) is 0 Å². The van der Waals surface area contributed by atoms with Crippen LogP contribution in [0, 0.1) is 10.1 Å². The summed E-state index contributed by atoms with van der Waals surface area (Å²) in [4.78, 5) is 28.9. The quantitative estimate of drug-likeness (QED) is 0.204. The van der Waals surface area contributed by atoms with E-state index in [0.717, 1.165) is 30.2 Å². The van der Waals surface area contributed by atoms with E-state index in [0.29, 0.717) is 37.1 Å². The van der Waals surface area contributed by atoms with Gasteiger partial charge in [0, 0.05) is 36.8 Å². The summed E-state index contributed by atoms with van der Waals surface area (Å²) in [7, 11) is 1.58. The van der Waals surface area contributed by atoms with Crippen molar-refractivity contribution in [3.63, 3.8) is 0 Å². The number of nitro benzene ring substituents is 1. The molecule has 2 unspecified atom stereocenters. The number of rotatable bonds is 7. The molecule has 0 aromatic heterocycles. The Kier molecular flexibility index (Phi) is 7.36. The third kappa shape index (κ3) is 4.79. The maximum Gasteiger partial charge on any atom is 0.416 e. The molecule has 2 aliphatic carbocycles. The fourth-order valence-electron chi connectivity index (χ4n) is 8.68. The molecule has 0 radical (unpaired) electrons. The number of phenolic OH excluding ortho intramolecular Hbond substituents is 1. The molecule has 3 aromatic carbocycles. The minimum Gasteiger partial charge on any atom is -0.504 e. The first-order valence-corrected chi connectivity index (χ1v) is 15.7. The molecular formula is C35H34F3N3O6. The SMILES string of the molecule is CN(C(=O)/C=C/c1cccc(C(F)(F)F)c1)C1CC[C@@]2(O)[C@H]3Cc4c([N+](=O)[O-])cc(O)c5c4[C@@]2(CCN3CCc2ccccc2)C1O5. The number of halogens is 3. The second-order valence-corrected chi connectivity index (χ2v) is 13.0. The average molecular weight is 650 g/mol. The predicted octanol–water partition coefficient (Wildman–Crippen LogP) is 5.26. The Bertz CT molecular complexity index is 1780. The molecule has 5 atom stereocenters. The van der Waals surface area contributed by atoms with E-state index in [2.05, 4.69) is 4.90 Å². The Morgan fingerprint density at radius 3 is 2.66 bits per heavy atom. The first-order valence-electron chi connectivity index (χ1n) is 15.7. The summed E-state index contributed by atoms with van der Waals surface area (Å²) in [5.74, 6) is -0.752. The molecule has 1 amide bonds. The monoisotopic (exact) mass is 649 g/mol. The molecule has 47 heavy (non-hydrogen) atoms. The summed E-state index contributed by atoms with van der Waals surface area (Å²) in [5.41, 5.74) is -1.30. The third-order valence-corrected chi connectivity index (χ3v) is 10.9.